The number of alkyl halides is 3. The van der Waals surface area contributed by atoms with Gasteiger partial charge in [-0.05, 0) is 36.2 Å². The van der Waals surface area contributed by atoms with Crippen LogP contribution in [0.5, 0.6) is 0 Å². The molecular formula is C12H8F3S. The summed E-state index contributed by atoms with van der Waals surface area (Å²) in [5.41, 5.74) is 1.18. The summed E-state index contributed by atoms with van der Waals surface area (Å²) in [6.07, 6.45) is -4.27. The second kappa shape index (κ2) is 3.94. The lowest BCUT2D eigenvalue weighted by Gasteiger charge is -2.06. The summed E-state index contributed by atoms with van der Waals surface area (Å²) in [5.74, 6) is 0. The van der Waals surface area contributed by atoms with Gasteiger partial charge in [0.2, 0.25) is 0 Å². The summed E-state index contributed by atoms with van der Waals surface area (Å²) in [5, 5.41) is 3.03. The highest BCUT2D eigenvalue weighted by molar-refractivity contribution is 7.13. The third kappa shape index (κ3) is 2.27. The number of aryl methyl sites for hydroxylation is 1. The molecule has 0 aliphatic rings. The van der Waals surface area contributed by atoms with Crippen molar-refractivity contribution < 1.29 is 13.2 Å². The molecule has 1 heterocycles. The standard InChI is InChI=1S/C12H8F3S/c1-8-6-11(16-7-8)9-2-4-10(5-3-9)12(13,14)15/h2-6H,1H3. The maximum absolute atomic E-state index is 12.3. The Morgan fingerprint density at radius 2 is 1.75 bits per heavy atom. The van der Waals surface area contributed by atoms with Gasteiger partial charge in [0, 0.05) is 10.3 Å². The number of benzene rings is 1. The summed E-state index contributed by atoms with van der Waals surface area (Å²) < 4.78 is 37.0. The number of halogens is 3. The Hall–Kier alpha value is -1.29. The highest BCUT2D eigenvalue weighted by Gasteiger charge is 2.29. The van der Waals surface area contributed by atoms with Crippen LogP contribution in [-0.2, 0) is 6.18 Å². The number of rotatable bonds is 1. The van der Waals surface area contributed by atoms with Gasteiger partial charge in [-0.25, -0.2) is 0 Å². The highest BCUT2D eigenvalue weighted by atomic mass is 32.1. The maximum Gasteiger partial charge on any atom is 0.416 e. The van der Waals surface area contributed by atoms with Gasteiger partial charge in [-0.3, -0.25) is 0 Å². The molecule has 0 saturated heterocycles. The van der Waals surface area contributed by atoms with Crippen LogP contribution in [0.25, 0.3) is 10.4 Å². The average Bonchev–Trinajstić information content (AvgIpc) is 2.64. The first-order chi connectivity index (χ1) is 7.47. The van der Waals surface area contributed by atoms with Crippen molar-refractivity contribution >= 4 is 11.3 Å². The largest absolute Gasteiger partial charge is 0.416 e. The fraction of sp³-hybridized carbons (Fsp3) is 0.167. The lowest BCUT2D eigenvalue weighted by Crippen LogP contribution is -2.03. The fourth-order valence-corrected chi connectivity index (χ4v) is 2.18. The van der Waals surface area contributed by atoms with Crippen LogP contribution in [0, 0.1) is 12.3 Å². The van der Waals surface area contributed by atoms with E-state index in [1.54, 1.807) is 0 Å². The average molecular weight is 241 g/mol. The molecule has 1 radical (unpaired) electrons. The molecule has 0 fully saturated rings. The number of hydrogen-bond donors (Lipinski definition) is 0. The van der Waals surface area contributed by atoms with E-state index in [4.69, 9.17) is 0 Å². The predicted octanol–water partition coefficient (Wildman–Crippen LogP) is 4.54. The minimum absolute atomic E-state index is 0.617. The minimum atomic E-state index is -4.27. The van der Waals surface area contributed by atoms with Gasteiger partial charge in [0.15, 0.2) is 0 Å². The van der Waals surface area contributed by atoms with Gasteiger partial charge in [-0.15, -0.1) is 11.3 Å². The molecule has 0 aliphatic carbocycles. The molecule has 0 N–H and O–H groups in total. The quantitative estimate of drug-likeness (QED) is 0.687. The zero-order valence-electron chi connectivity index (χ0n) is 8.43. The van der Waals surface area contributed by atoms with E-state index >= 15 is 0 Å². The van der Waals surface area contributed by atoms with Crippen LogP contribution in [0.1, 0.15) is 11.1 Å². The van der Waals surface area contributed by atoms with Crippen molar-refractivity contribution in [2.45, 2.75) is 13.1 Å². The molecule has 16 heavy (non-hydrogen) atoms. The van der Waals surface area contributed by atoms with Crippen LogP contribution < -0.4 is 0 Å². The van der Waals surface area contributed by atoms with E-state index in [9.17, 15) is 13.2 Å². The first-order valence-corrected chi connectivity index (χ1v) is 5.44. The van der Waals surface area contributed by atoms with E-state index in [0.717, 1.165) is 28.1 Å². The zero-order valence-corrected chi connectivity index (χ0v) is 9.25. The molecule has 2 rings (SSSR count). The second-order valence-corrected chi connectivity index (χ2v) is 4.32. The SMILES string of the molecule is Cc1[c]sc(-c2ccc(C(F)(F)F)cc2)c1. The van der Waals surface area contributed by atoms with Crippen molar-refractivity contribution in [1.29, 1.82) is 0 Å². The topological polar surface area (TPSA) is 0 Å². The van der Waals surface area contributed by atoms with Crippen LogP contribution in [-0.4, -0.2) is 0 Å². The van der Waals surface area contributed by atoms with Crippen molar-refractivity contribution in [3.8, 4) is 10.4 Å². The Bertz CT molecular complexity index is 480. The van der Waals surface area contributed by atoms with E-state index in [1.807, 2.05) is 13.0 Å². The summed E-state index contributed by atoms with van der Waals surface area (Å²) in [7, 11) is 0. The van der Waals surface area contributed by atoms with Crippen LogP contribution in [0.4, 0.5) is 13.2 Å². The second-order valence-electron chi connectivity index (χ2n) is 3.47. The Labute approximate surface area is 95.4 Å². The van der Waals surface area contributed by atoms with Crippen molar-refractivity contribution in [3.63, 3.8) is 0 Å². The monoisotopic (exact) mass is 241 g/mol. The first-order valence-electron chi connectivity index (χ1n) is 4.62. The fourth-order valence-electron chi connectivity index (χ4n) is 1.36. The highest BCUT2D eigenvalue weighted by Crippen LogP contribution is 2.32. The number of hydrogen-bond acceptors (Lipinski definition) is 1. The van der Waals surface area contributed by atoms with Crippen molar-refractivity contribution in [1.82, 2.24) is 0 Å². The minimum Gasteiger partial charge on any atom is -0.166 e. The molecule has 0 bridgehead atoms. The van der Waals surface area contributed by atoms with Gasteiger partial charge in [0.25, 0.3) is 0 Å². The molecule has 0 atom stereocenters. The first kappa shape index (κ1) is 11.2. The van der Waals surface area contributed by atoms with E-state index in [2.05, 4.69) is 5.38 Å². The molecule has 0 aliphatic heterocycles. The molecule has 0 amide bonds. The van der Waals surface area contributed by atoms with Gasteiger partial charge in [-0.2, -0.15) is 13.2 Å². The van der Waals surface area contributed by atoms with Crippen LogP contribution in [0.3, 0.4) is 0 Å². The van der Waals surface area contributed by atoms with Crippen LogP contribution in [0.2, 0.25) is 0 Å². The van der Waals surface area contributed by atoms with Crippen molar-refractivity contribution in [2.24, 2.45) is 0 Å². The molecule has 0 spiro atoms. The van der Waals surface area contributed by atoms with Crippen molar-refractivity contribution in [2.75, 3.05) is 0 Å². The molecule has 83 valence electrons. The van der Waals surface area contributed by atoms with Gasteiger partial charge >= 0.3 is 6.18 Å². The summed E-state index contributed by atoms with van der Waals surface area (Å²) in [6.45, 7) is 1.91. The van der Waals surface area contributed by atoms with E-state index in [1.165, 1.54) is 23.5 Å². The molecule has 4 heteroatoms. The Kier molecular flexibility index (Phi) is 2.76. The number of thiophene rings is 1. The third-order valence-electron chi connectivity index (χ3n) is 2.17. The van der Waals surface area contributed by atoms with Crippen molar-refractivity contribution in [3.05, 3.63) is 46.8 Å². The summed E-state index contributed by atoms with van der Waals surface area (Å²) in [4.78, 5) is 0.936. The molecular weight excluding hydrogens is 233 g/mol. The lowest BCUT2D eigenvalue weighted by molar-refractivity contribution is -0.137. The summed E-state index contributed by atoms with van der Waals surface area (Å²) >= 11 is 1.41. The Morgan fingerprint density at radius 1 is 1.12 bits per heavy atom. The molecule has 0 unspecified atom stereocenters. The van der Waals surface area contributed by atoms with Gasteiger partial charge in [0.1, 0.15) is 0 Å². The van der Waals surface area contributed by atoms with Gasteiger partial charge in [0.05, 0.1) is 5.56 Å². The molecule has 0 nitrogen and oxygen atoms in total. The predicted molar refractivity (Wildman–Crippen MR) is 58.3 cm³/mol. The third-order valence-corrected chi connectivity index (χ3v) is 3.16. The molecule has 0 saturated carbocycles. The maximum atomic E-state index is 12.3. The smallest absolute Gasteiger partial charge is 0.166 e. The molecule has 1 aromatic carbocycles. The molecule has 2 aromatic rings. The van der Waals surface area contributed by atoms with Gasteiger partial charge in [-0.1, -0.05) is 12.1 Å². The normalized spacial score (nSPS) is 11.8. The van der Waals surface area contributed by atoms with Crippen LogP contribution >= 0.6 is 11.3 Å². The van der Waals surface area contributed by atoms with Gasteiger partial charge < -0.3 is 0 Å². The van der Waals surface area contributed by atoms with Crippen LogP contribution in [0.15, 0.2) is 30.3 Å². The summed E-state index contributed by atoms with van der Waals surface area (Å²) in [6, 6.07) is 7.09. The lowest BCUT2D eigenvalue weighted by atomic mass is 10.1. The van der Waals surface area contributed by atoms with E-state index < -0.39 is 11.7 Å². The zero-order chi connectivity index (χ0) is 11.8. The Balaban J connectivity index is 2.33. The van der Waals surface area contributed by atoms with E-state index in [0.29, 0.717) is 0 Å². The molecule has 1 aromatic heterocycles. The Morgan fingerprint density at radius 3 is 2.19 bits per heavy atom. The van der Waals surface area contributed by atoms with E-state index in [-0.39, 0.29) is 0 Å².